The third-order valence-corrected chi connectivity index (χ3v) is 4.17. The predicted octanol–water partition coefficient (Wildman–Crippen LogP) is 3.94. The van der Waals surface area contributed by atoms with Crippen molar-refractivity contribution in [2.45, 2.75) is 6.54 Å². The van der Waals surface area contributed by atoms with Crippen molar-refractivity contribution in [3.63, 3.8) is 0 Å². The highest BCUT2D eigenvalue weighted by atomic mass is 16.7. The first-order valence-electron chi connectivity index (χ1n) is 8.98. The number of hydrogen-bond acceptors (Lipinski definition) is 5. The molecule has 1 heterocycles. The van der Waals surface area contributed by atoms with Crippen molar-refractivity contribution in [1.82, 2.24) is 5.32 Å². The lowest BCUT2D eigenvalue weighted by atomic mass is 10.2. The number of amides is 1. The van der Waals surface area contributed by atoms with Gasteiger partial charge in [0.25, 0.3) is 0 Å². The number of benzene rings is 3. The highest BCUT2D eigenvalue weighted by Crippen LogP contribution is 2.32. The molecule has 1 aliphatic heterocycles. The molecule has 3 aromatic carbocycles. The molecular formula is C22H20N2O4. The van der Waals surface area contributed by atoms with Crippen molar-refractivity contribution in [2.24, 2.45) is 0 Å². The van der Waals surface area contributed by atoms with Gasteiger partial charge in [-0.2, -0.15) is 0 Å². The summed E-state index contributed by atoms with van der Waals surface area (Å²) in [6.07, 6.45) is 0. The van der Waals surface area contributed by atoms with E-state index in [1.54, 1.807) is 0 Å². The summed E-state index contributed by atoms with van der Waals surface area (Å²) < 4.78 is 16.4. The molecule has 0 unspecified atom stereocenters. The monoisotopic (exact) mass is 376 g/mol. The molecule has 3 aromatic rings. The van der Waals surface area contributed by atoms with Crippen LogP contribution in [0.5, 0.6) is 23.0 Å². The third-order valence-electron chi connectivity index (χ3n) is 4.17. The molecule has 4 rings (SSSR count). The zero-order chi connectivity index (χ0) is 19.2. The SMILES string of the molecule is O=C(CNCc1ccc2c(c1)OCO2)Nc1ccc(Oc2ccccc2)cc1. The Morgan fingerprint density at radius 2 is 1.64 bits per heavy atom. The lowest BCUT2D eigenvalue weighted by molar-refractivity contribution is -0.115. The summed E-state index contributed by atoms with van der Waals surface area (Å²) in [5, 5.41) is 5.98. The first-order chi connectivity index (χ1) is 13.8. The van der Waals surface area contributed by atoms with Crippen molar-refractivity contribution in [3.05, 3.63) is 78.4 Å². The lowest BCUT2D eigenvalue weighted by Gasteiger charge is -2.09. The molecule has 6 nitrogen and oxygen atoms in total. The van der Waals surface area contributed by atoms with Crippen LogP contribution in [0.2, 0.25) is 0 Å². The van der Waals surface area contributed by atoms with Crippen LogP contribution in [-0.4, -0.2) is 19.2 Å². The van der Waals surface area contributed by atoms with Gasteiger partial charge in [-0.05, 0) is 54.1 Å². The molecule has 0 saturated carbocycles. The molecule has 0 radical (unpaired) electrons. The van der Waals surface area contributed by atoms with Gasteiger partial charge in [-0.15, -0.1) is 0 Å². The molecule has 0 aromatic heterocycles. The Balaban J connectivity index is 1.23. The summed E-state index contributed by atoms with van der Waals surface area (Å²) in [6.45, 7) is 1.02. The molecule has 1 amide bonds. The number of rotatable bonds is 7. The number of anilines is 1. The smallest absolute Gasteiger partial charge is 0.238 e. The second-order valence-electron chi connectivity index (χ2n) is 6.28. The van der Waals surface area contributed by atoms with E-state index in [0.717, 1.165) is 28.5 Å². The minimum Gasteiger partial charge on any atom is -0.457 e. The van der Waals surface area contributed by atoms with Crippen LogP contribution in [-0.2, 0) is 11.3 Å². The first kappa shape index (κ1) is 17.9. The maximum Gasteiger partial charge on any atom is 0.238 e. The number of para-hydroxylation sites is 1. The van der Waals surface area contributed by atoms with Gasteiger partial charge in [-0.3, -0.25) is 4.79 Å². The summed E-state index contributed by atoms with van der Waals surface area (Å²) in [7, 11) is 0. The molecule has 142 valence electrons. The van der Waals surface area contributed by atoms with Gasteiger partial charge in [0.05, 0.1) is 6.54 Å². The van der Waals surface area contributed by atoms with E-state index in [-0.39, 0.29) is 19.2 Å². The fourth-order valence-corrected chi connectivity index (χ4v) is 2.81. The van der Waals surface area contributed by atoms with E-state index in [2.05, 4.69) is 10.6 Å². The Bertz CT molecular complexity index is 943. The second kappa shape index (κ2) is 8.45. The zero-order valence-electron chi connectivity index (χ0n) is 15.2. The van der Waals surface area contributed by atoms with Crippen LogP contribution in [0.3, 0.4) is 0 Å². The number of hydrogen-bond donors (Lipinski definition) is 2. The van der Waals surface area contributed by atoms with Crippen molar-refractivity contribution in [3.8, 4) is 23.0 Å². The molecule has 0 spiro atoms. The van der Waals surface area contributed by atoms with E-state index in [1.165, 1.54) is 0 Å². The van der Waals surface area contributed by atoms with Gasteiger partial charge >= 0.3 is 0 Å². The largest absolute Gasteiger partial charge is 0.457 e. The minimum atomic E-state index is -0.113. The van der Waals surface area contributed by atoms with Crippen LogP contribution < -0.4 is 24.8 Å². The Kier molecular flexibility index (Phi) is 5.40. The molecule has 2 N–H and O–H groups in total. The molecule has 0 bridgehead atoms. The standard InChI is InChI=1S/C22H20N2O4/c25-22(14-23-13-16-6-11-20-21(12-16)27-15-26-20)24-17-7-9-19(10-8-17)28-18-4-2-1-3-5-18/h1-12,23H,13-15H2,(H,24,25). The lowest BCUT2D eigenvalue weighted by Crippen LogP contribution is -2.27. The van der Waals surface area contributed by atoms with E-state index in [0.29, 0.717) is 12.3 Å². The number of ether oxygens (including phenoxy) is 3. The van der Waals surface area contributed by atoms with Crippen LogP contribution in [0.15, 0.2) is 72.8 Å². The van der Waals surface area contributed by atoms with Crippen molar-refractivity contribution >= 4 is 11.6 Å². The van der Waals surface area contributed by atoms with Crippen LogP contribution in [0.4, 0.5) is 5.69 Å². The third kappa shape index (κ3) is 4.61. The van der Waals surface area contributed by atoms with Gasteiger partial charge < -0.3 is 24.8 Å². The van der Waals surface area contributed by atoms with Crippen molar-refractivity contribution < 1.29 is 19.0 Å². The summed E-state index contributed by atoms with van der Waals surface area (Å²) in [5.74, 6) is 2.86. The average molecular weight is 376 g/mol. The summed E-state index contributed by atoms with van der Waals surface area (Å²) >= 11 is 0. The molecule has 0 fully saturated rings. The first-order valence-corrected chi connectivity index (χ1v) is 8.98. The number of carbonyl (C=O) groups excluding carboxylic acids is 1. The predicted molar refractivity (Wildman–Crippen MR) is 106 cm³/mol. The number of nitrogens with one attached hydrogen (secondary N) is 2. The maximum atomic E-state index is 12.1. The second-order valence-corrected chi connectivity index (χ2v) is 6.28. The van der Waals surface area contributed by atoms with Gasteiger partial charge in [-0.25, -0.2) is 0 Å². The van der Waals surface area contributed by atoms with E-state index >= 15 is 0 Å². The van der Waals surface area contributed by atoms with E-state index in [9.17, 15) is 4.79 Å². The highest BCUT2D eigenvalue weighted by Gasteiger charge is 2.13. The molecule has 0 aliphatic carbocycles. The van der Waals surface area contributed by atoms with E-state index < -0.39 is 0 Å². The molecule has 0 saturated heterocycles. The normalized spacial score (nSPS) is 11.9. The van der Waals surface area contributed by atoms with Crippen molar-refractivity contribution in [2.75, 3.05) is 18.7 Å². The maximum absolute atomic E-state index is 12.1. The Morgan fingerprint density at radius 1 is 0.893 bits per heavy atom. The molecule has 28 heavy (non-hydrogen) atoms. The van der Waals surface area contributed by atoms with Crippen LogP contribution >= 0.6 is 0 Å². The van der Waals surface area contributed by atoms with Gasteiger partial charge in [-0.1, -0.05) is 24.3 Å². The molecule has 0 atom stereocenters. The number of fused-ring (bicyclic) bond motifs is 1. The highest BCUT2D eigenvalue weighted by molar-refractivity contribution is 5.92. The van der Waals surface area contributed by atoms with Crippen LogP contribution in [0.25, 0.3) is 0 Å². The summed E-state index contributed by atoms with van der Waals surface area (Å²) in [4.78, 5) is 12.1. The Labute approximate surface area is 163 Å². The molecule has 6 heteroatoms. The molecule has 1 aliphatic rings. The summed E-state index contributed by atoms with van der Waals surface area (Å²) in [5.41, 5.74) is 1.75. The van der Waals surface area contributed by atoms with E-state index in [1.807, 2.05) is 72.8 Å². The fourth-order valence-electron chi connectivity index (χ4n) is 2.81. The van der Waals surface area contributed by atoms with Gasteiger partial charge in [0, 0.05) is 12.2 Å². The minimum absolute atomic E-state index is 0.113. The Morgan fingerprint density at radius 3 is 2.46 bits per heavy atom. The van der Waals surface area contributed by atoms with Gasteiger partial charge in [0.2, 0.25) is 12.7 Å². The topological polar surface area (TPSA) is 68.8 Å². The van der Waals surface area contributed by atoms with E-state index in [4.69, 9.17) is 14.2 Å². The van der Waals surface area contributed by atoms with Crippen molar-refractivity contribution in [1.29, 1.82) is 0 Å². The fraction of sp³-hybridized carbons (Fsp3) is 0.136. The average Bonchev–Trinajstić information content (AvgIpc) is 3.18. The quantitative estimate of drug-likeness (QED) is 0.654. The zero-order valence-corrected chi connectivity index (χ0v) is 15.2. The van der Waals surface area contributed by atoms with Gasteiger partial charge in [0.15, 0.2) is 11.5 Å². The van der Waals surface area contributed by atoms with Gasteiger partial charge in [0.1, 0.15) is 11.5 Å². The number of carbonyl (C=O) groups is 1. The Hall–Kier alpha value is -3.51. The molecular weight excluding hydrogens is 356 g/mol. The summed E-state index contributed by atoms with van der Waals surface area (Å²) in [6, 6.07) is 22.6. The van der Waals surface area contributed by atoms with Crippen LogP contribution in [0, 0.1) is 0 Å². The van der Waals surface area contributed by atoms with Crippen LogP contribution in [0.1, 0.15) is 5.56 Å².